The highest BCUT2D eigenvalue weighted by atomic mass is 16.5. The Labute approximate surface area is 163 Å². The van der Waals surface area contributed by atoms with E-state index < -0.39 is 0 Å². The topological polar surface area (TPSA) is 64.3 Å². The maximum Gasteiger partial charge on any atom is 0.101 e. The van der Waals surface area contributed by atoms with Crippen molar-refractivity contribution in [3.63, 3.8) is 0 Å². The van der Waals surface area contributed by atoms with Gasteiger partial charge in [0, 0.05) is 6.42 Å². The lowest BCUT2D eigenvalue weighted by molar-refractivity contribution is -0.920. The average molecular weight is 393 g/mol. The molecule has 160 valence electrons. The minimum atomic E-state index is 0.660. The van der Waals surface area contributed by atoms with E-state index in [1.54, 1.807) is 9.80 Å². The van der Waals surface area contributed by atoms with Gasteiger partial charge in [0.1, 0.15) is 26.2 Å². The van der Waals surface area contributed by atoms with Crippen LogP contribution < -0.4 is 9.80 Å². The van der Waals surface area contributed by atoms with Crippen LogP contribution in [0.25, 0.3) is 0 Å². The summed E-state index contributed by atoms with van der Waals surface area (Å²) in [7, 11) is 0. The zero-order chi connectivity index (χ0) is 18.8. The molecule has 0 atom stereocenters. The Balaban J connectivity index is 1.64. The predicted molar refractivity (Wildman–Crippen MR) is 101 cm³/mol. The van der Waals surface area contributed by atoms with E-state index in [2.05, 4.69) is 0 Å². The van der Waals surface area contributed by atoms with Crippen molar-refractivity contribution < 1.29 is 38.2 Å². The van der Waals surface area contributed by atoms with Gasteiger partial charge in [-0.2, -0.15) is 0 Å². The van der Waals surface area contributed by atoms with Crippen molar-refractivity contribution in [1.82, 2.24) is 0 Å². The molecule has 0 unspecified atom stereocenters. The summed E-state index contributed by atoms with van der Waals surface area (Å²) in [5.41, 5.74) is 0. The predicted octanol–water partition coefficient (Wildman–Crippen LogP) is -2.73. The largest absolute Gasteiger partial charge is 0.377 e. The molecule has 0 aliphatic carbocycles. The summed E-state index contributed by atoms with van der Waals surface area (Å²) in [4.78, 5) is 3.13. The summed E-state index contributed by atoms with van der Waals surface area (Å²) in [5, 5.41) is 0. The van der Waals surface area contributed by atoms with Crippen molar-refractivity contribution in [2.24, 2.45) is 0 Å². The van der Waals surface area contributed by atoms with E-state index in [1.807, 2.05) is 0 Å². The third kappa shape index (κ3) is 12.7. The van der Waals surface area contributed by atoms with Crippen molar-refractivity contribution in [3.05, 3.63) is 0 Å². The van der Waals surface area contributed by atoms with Gasteiger partial charge >= 0.3 is 0 Å². The first-order valence-electron chi connectivity index (χ1n) is 10.6. The van der Waals surface area contributed by atoms with Gasteiger partial charge in [0.2, 0.25) is 0 Å². The van der Waals surface area contributed by atoms with Crippen LogP contribution in [0.5, 0.6) is 0 Å². The molecule has 8 nitrogen and oxygen atoms in total. The van der Waals surface area contributed by atoms with Gasteiger partial charge in [-0.1, -0.05) is 0 Å². The first-order chi connectivity index (χ1) is 13.4. The van der Waals surface area contributed by atoms with E-state index in [0.29, 0.717) is 52.9 Å². The molecule has 2 aliphatic heterocycles. The standard InChI is InChI=1S/C19H38N2O6/c1(2-20-4-8-22-12-16-26-17-13-23-9-5-20)3-21-6-10-24-14-18-27-19-15-25-11-7-21/h1-19H2/p+2. The third-order valence-electron chi connectivity index (χ3n) is 4.95. The van der Waals surface area contributed by atoms with Crippen molar-refractivity contribution in [1.29, 1.82) is 0 Å². The molecule has 2 fully saturated rings. The summed E-state index contributed by atoms with van der Waals surface area (Å²) in [5.74, 6) is 0. The fourth-order valence-electron chi connectivity index (χ4n) is 3.29. The minimum absolute atomic E-state index is 0.660. The van der Waals surface area contributed by atoms with Crippen LogP contribution in [0.4, 0.5) is 0 Å². The fraction of sp³-hybridized carbons (Fsp3) is 1.00. The fourth-order valence-corrected chi connectivity index (χ4v) is 3.29. The number of quaternary nitrogens is 2. The second-order valence-electron chi connectivity index (χ2n) is 7.03. The van der Waals surface area contributed by atoms with E-state index in [9.17, 15) is 0 Å². The Morgan fingerprint density at radius 1 is 0.370 bits per heavy atom. The van der Waals surface area contributed by atoms with Crippen LogP contribution in [0.3, 0.4) is 0 Å². The van der Waals surface area contributed by atoms with Crippen LogP contribution in [0.2, 0.25) is 0 Å². The van der Waals surface area contributed by atoms with Crippen LogP contribution in [0.15, 0.2) is 0 Å². The van der Waals surface area contributed by atoms with E-state index >= 15 is 0 Å². The lowest BCUT2D eigenvalue weighted by Crippen LogP contribution is -3.16. The molecule has 2 saturated heterocycles. The number of rotatable bonds is 4. The molecule has 27 heavy (non-hydrogen) atoms. The molecule has 0 aromatic heterocycles. The molecule has 0 saturated carbocycles. The quantitative estimate of drug-likeness (QED) is 0.542. The number of nitrogens with one attached hydrogen (secondary N) is 2. The molecule has 2 aliphatic rings. The van der Waals surface area contributed by atoms with Crippen molar-refractivity contribution in [2.75, 3.05) is 119 Å². The third-order valence-corrected chi connectivity index (χ3v) is 4.95. The second-order valence-corrected chi connectivity index (χ2v) is 7.03. The number of hydrogen-bond acceptors (Lipinski definition) is 6. The molecule has 8 heteroatoms. The lowest BCUT2D eigenvalue weighted by Gasteiger charge is -2.23. The van der Waals surface area contributed by atoms with E-state index in [0.717, 1.165) is 65.7 Å². The number of hydrogen-bond donors (Lipinski definition) is 2. The van der Waals surface area contributed by atoms with Gasteiger partial charge < -0.3 is 38.2 Å². The normalized spacial score (nSPS) is 24.9. The van der Waals surface area contributed by atoms with Crippen molar-refractivity contribution in [2.45, 2.75) is 6.42 Å². The first-order valence-corrected chi connectivity index (χ1v) is 10.6. The Morgan fingerprint density at radius 2 is 0.630 bits per heavy atom. The Bertz CT molecular complexity index is 283. The van der Waals surface area contributed by atoms with Crippen LogP contribution in [-0.2, 0) is 28.4 Å². The maximum absolute atomic E-state index is 5.68. The van der Waals surface area contributed by atoms with Crippen LogP contribution in [0.1, 0.15) is 6.42 Å². The highest BCUT2D eigenvalue weighted by Gasteiger charge is 2.14. The summed E-state index contributed by atoms with van der Waals surface area (Å²) in [6, 6.07) is 0. The van der Waals surface area contributed by atoms with Crippen molar-refractivity contribution in [3.8, 4) is 0 Å². The van der Waals surface area contributed by atoms with Gasteiger partial charge in [-0.05, 0) is 0 Å². The molecule has 0 radical (unpaired) electrons. The summed E-state index contributed by atoms with van der Waals surface area (Å²) < 4.78 is 33.6. The molecular weight excluding hydrogens is 352 g/mol. The van der Waals surface area contributed by atoms with Gasteiger partial charge in [0.25, 0.3) is 0 Å². The highest BCUT2D eigenvalue weighted by Crippen LogP contribution is 1.83. The molecular formula is C19H40N2O6+2. The SMILES string of the molecule is C(C[NH+]1CCOCCOCCOCC1)C[NH+]1CCOCCOCCOCC1. The molecule has 2 N–H and O–H groups in total. The molecule has 2 heterocycles. The zero-order valence-corrected chi connectivity index (χ0v) is 16.9. The van der Waals surface area contributed by atoms with Gasteiger partial charge in [0.15, 0.2) is 0 Å². The average Bonchev–Trinajstić information content (AvgIpc) is 2.65. The highest BCUT2D eigenvalue weighted by molar-refractivity contribution is 4.42. The van der Waals surface area contributed by atoms with Crippen LogP contribution >= 0.6 is 0 Å². The van der Waals surface area contributed by atoms with E-state index in [1.165, 1.54) is 6.42 Å². The summed E-state index contributed by atoms with van der Waals surface area (Å²) >= 11 is 0. The smallest absolute Gasteiger partial charge is 0.101 e. The van der Waals surface area contributed by atoms with Gasteiger partial charge in [0.05, 0.1) is 92.4 Å². The van der Waals surface area contributed by atoms with Crippen LogP contribution in [0, 0.1) is 0 Å². The van der Waals surface area contributed by atoms with E-state index in [4.69, 9.17) is 28.4 Å². The lowest BCUT2D eigenvalue weighted by atomic mass is 10.3. The van der Waals surface area contributed by atoms with Crippen molar-refractivity contribution >= 4 is 0 Å². The first kappa shape index (κ1) is 23.0. The Kier molecular flexibility index (Phi) is 14.1. The number of ether oxygens (including phenoxy) is 6. The molecule has 0 spiro atoms. The summed E-state index contributed by atoms with van der Waals surface area (Å²) in [6.45, 7) is 15.0. The second kappa shape index (κ2) is 16.6. The van der Waals surface area contributed by atoms with Gasteiger partial charge in [-0.15, -0.1) is 0 Å². The molecule has 0 aromatic rings. The molecule has 0 amide bonds. The van der Waals surface area contributed by atoms with Gasteiger partial charge in [-0.3, -0.25) is 0 Å². The van der Waals surface area contributed by atoms with Crippen LogP contribution in [-0.4, -0.2) is 119 Å². The minimum Gasteiger partial charge on any atom is -0.377 e. The van der Waals surface area contributed by atoms with Gasteiger partial charge in [-0.25, -0.2) is 0 Å². The molecule has 2 rings (SSSR count). The molecule has 0 bridgehead atoms. The monoisotopic (exact) mass is 392 g/mol. The maximum atomic E-state index is 5.68. The Morgan fingerprint density at radius 3 is 0.926 bits per heavy atom. The Hall–Kier alpha value is -0.320. The van der Waals surface area contributed by atoms with E-state index in [-0.39, 0.29) is 0 Å². The summed E-state index contributed by atoms with van der Waals surface area (Å²) in [6.07, 6.45) is 1.19. The molecule has 0 aromatic carbocycles. The zero-order valence-electron chi connectivity index (χ0n) is 16.9.